The topological polar surface area (TPSA) is 54.4 Å². The second-order valence-electron chi connectivity index (χ2n) is 5.47. The number of ether oxygens (including phenoxy) is 1. The molecule has 1 aromatic heterocycles. The van der Waals surface area contributed by atoms with Crippen molar-refractivity contribution in [3.63, 3.8) is 0 Å². The maximum atomic E-state index is 6.07. The van der Waals surface area contributed by atoms with Gasteiger partial charge in [0.05, 0.1) is 13.2 Å². The van der Waals surface area contributed by atoms with Crippen molar-refractivity contribution in [2.45, 2.75) is 19.8 Å². The third-order valence-corrected chi connectivity index (χ3v) is 4.11. The number of rotatable bonds is 2. The summed E-state index contributed by atoms with van der Waals surface area (Å²) in [6, 6.07) is 0. The summed E-state index contributed by atoms with van der Waals surface area (Å²) in [4.78, 5) is 17.4. The quantitative estimate of drug-likeness (QED) is 0.826. The molecule has 110 valence electrons. The molecule has 2 aliphatic heterocycles. The van der Waals surface area contributed by atoms with Crippen molar-refractivity contribution in [3.05, 3.63) is 5.28 Å². The van der Waals surface area contributed by atoms with Crippen molar-refractivity contribution in [2.75, 3.05) is 49.2 Å². The number of hydrogen-bond donors (Lipinski definition) is 0. The van der Waals surface area contributed by atoms with Crippen molar-refractivity contribution >= 4 is 23.5 Å². The molecular weight excluding hydrogens is 278 g/mol. The van der Waals surface area contributed by atoms with Gasteiger partial charge < -0.3 is 14.5 Å². The second-order valence-corrected chi connectivity index (χ2v) is 5.81. The fraction of sp³-hybridized carbons (Fsp3) is 0.769. The summed E-state index contributed by atoms with van der Waals surface area (Å²) in [5, 5.41) is 0.273. The first kappa shape index (κ1) is 13.8. The monoisotopic (exact) mass is 297 g/mol. The molecule has 7 heteroatoms. The van der Waals surface area contributed by atoms with Gasteiger partial charge in [-0.15, -0.1) is 0 Å². The molecule has 2 aliphatic rings. The van der Waals surface area contributed by atoms with Crippen molar-refractivity contribution < 1.29 is 4.74 Å². The Morgan fingerprint density at radius 3 is 2.10 bits per heavy atom. The van der Waals surface area contributed by atoms with Crippen LogP contribution in [0.2, 0.25) is 5.28 Å². The highest BCUT2D eigenvalue weighted by Crippen LogP contribution is 2.23. The Labute approximate surface area is 124 Å². The molecule has 2 fully saturated rings. The van der Waals surface area contributed by atoms with Crippen LogP contribution >= 0.6 is 11.6 Å². The van der Waals surface area contributed by atoms with Gasteiger partial charge in [-0.1, -0.05) is 6.92 Å². The van der Waals surface area contributed by atoms with E-state index < -0.39 is 0 Å². The molecule has 0 radical (unpaired) electrons. The zero-order chi connectivity index (χ0) is 13.9. The Balaban J connectivity index is 1.79. The van der Waals surface area contributed by atoms with E-state index in [1.807, 2.05) is 0 Å². The predicted octanol–water partition coefficient (Wildman–Crippen LogP) is 1.60. The lowest BCUT2D eigenvalue weighted by molar-refractivity contribution is 0.122. The molecule has 0 aromatic carbocycles. The van der Waals surface area contributed by atoms with Gasteiger partial charge in [-0.2, -0.15) is 15.0 Å². The summed E-state index contributed by atoms with van der Waals surface area (Å²) in [6.45, 7) is 7.29. The standard InChI is InChI=1S/C13H20ClN5O/c1-10-2-4-18(5-3-10)12-15-11(14)16-13(17-12)19-6-8-20-9-7-19/h10H,2-9H2,1H3. The van der Waals surface area contributed by atoms with Crippen LogP contribution in [-0.4, -0.2) is 54.3 Å². The minimum absolute atomic E-state index is 0.273. The first-order valence-corrected chi connectivity index (χ1v) is 7.59. The number of anilines is 2. The van der Waals surface area contributed by atoms with Gasteiger partial charge in [-0.25, -0.2) is 0 Å². The average Bonchev–Trinajstić information content (AvgIpc) is 2.48. The van der Waals surface area contributed by atoms with Crippen LogP contribution in [-0.2, 0) is 4.74 Å². The molecule has 0 N–H and O–H groups in total. The molecule has 0 atom stereocenters. The third kappa shape index (κ3) is 3.12. The zero-order valence-electron chi connectivity index (χ0n) is 11.8. The average molecular weight is 298 g/mol. The van der Waals surface area contributed by atoms with E-state index in [2.05, 4.69) is 31.7 Å². The van der Waals surface area contributed by atoms with Crippen LogP contribution in [0.4, 0.5) is 11.9 Å². The summed E-state index contributed by atoms with van der Waals surface area (Å²) in [6.07, 6.45) is 2.35. The Bertz CT molecular complexity index is 458. The van der Waals surface area contributed by atoms with Crippen molar-refractivity contribution in [1.82, 2.24) is 15.0 Å². The van der Waals surface area contributed by atoms with Gasteiger partial charge in [0.1, 0.15) is 0 Å². The summed E-state index contributed by atoms with van der Waals surface area (Å²) in [5.74, 6) is 2.16. The SMILES string of the molecule is CC1CCN(c2nc(Cl)nc(N3CCOCC3)n2)CC1. The minimum Gasteiger partial charge on any atom is -0.378 e. The van der Waals surface area contributed by atoms with Crippen molar-refractivity contribution in [3.8, 4) is 0 Å². The first-order valence-electron chi connectivity index (χ1n) is 7.21. The molecule has 0 aliphatic carbocycles. The molecule has 0 unspecified atom stereocenters. The molecule has 0 amide bonds. The highest BCUT2D eigenvalue weighted by atomic mass is 35.5. The Hall–Kier alpha value is -1.14. The largest absolute Gasteiger partial charge is 0.378 e. The Morgan fingerprint density at radius 2 is 1.50 bits per heavy atom. The lowest BCUT2D eigenvalue weighted by Gasteiger charge is -2.31. The molecule has 0 spiro atoms. The second kappa shape index (κ2) is 6.10. The molecule has 1 aromatic rings. The molecule has 0 bridgehead atoms. The minimum atomic E-state index is 0.273. The van der Waals surface area contributed by atoms with Gasteiger partial charge >= 0.3 is 0 Å². The molecule has 3 heterocycles. The molecule has 20 heavy (non-hydrogen) atoms. The van der Waals surface area contributed by atoms with E-state index in [9.17, 15) is 0 Å². The lowest BCUT2D eigenvalue weighted by Crippen LogP contribution is -2.38. The van der Waals surface area contributed by atoms with Gasteiger partial charge in [0.25, 0.3) is 0 Å². The van der Waals surface area contributed by atoms with Gasteiger partial charge in [0, 0.05) is 26.2 Å². The van der Waals surface area contributed by atoms with Crippen molar-refractivity contribution in [1.29, 1.82) is 0 Å². The Kier molecular flexibility index (Phi) is 4.21. The number of aromatic nitrogens is 3. The Morgan fingerprint density at radius 1 is 0.950 bits per heavy atom. The molecule has 0 saturated carbocycles. The van der Waals surface area contributed by atoms with Crippen LogP contribution in [0.1, 0.15) is 19.8 Å². The summed E-state index contributed by atoms with van der Waals surface area (Å²) in [7, 11) is 0. The van der Waals surface area contributed by atoms with E-state index in [0.29, 0.717) is 25.1 Å². The lowest BCUT2D eigenvalue weighted by atomic mass is 10.00. The molecule has 6 nitrogen and oxygen atoms in total. The number of nitrogens with zero attached hydrogens (tertiary/aromatic N) is 5. The van der Waals surface area contributed by atoms with Crippen LogP contribution < -0.4 is 9.80 Å². The zero-order valence-corrected chi connectivity index (χ0v) is 12.5. The van der Waals surface area contributed by atoms with E-state index in [4.69, 9.17) is 16.3 Å². The first-order chi connectivity index (χ1) is 9.72. The van der Waals surface area contributed by atoms with Crippen LogP contribution in [0.5, 0.6) is 0 Å². The highest BCUT2D eigenvalue weighted by molar-refractivity contribution is 6.28. The molecule has 2 saturated heterocycles. The molecule has 3 rings (SSSR count). The third-order valence-electron chi connectivity index (χ3n) is 3.94. The maximum Gasteiger partial charge on any atom is 0.231 e. The fourth-order valence-electron chi connectivity index (χ4n) is 2.58. The van der Waals surface area contributed by atoms with Crippen LogP contribution in [0.3, 0.4) is 0 Å². The highest BCUT2D eigenvalue weighted by Gasteiger charge is 2.21. The van der Waals surface area contributed by atoms with E-state index in [0.717, 1.165) is 32.1 Å². The van der Waals surface area contributed by atoms with E-state index in [1.165, 1.54) is 12.8 Å². The number of morpholine rings is 1. The van der Waals surface area contributed by atoms with Crippen molar-refractivity contribution in [2.24, 2.45) is 5.92 Å². The van der Waals surface area contributed by atoms with Crippen LogP contribution in [0.15, 0.2) is 0 Å². The predicted molar refractivity (Wildman–Crippen MR) is 78.5 cm³/mol. The van der Waals surface area contributed by atoms with Gasteiger partial charge in [-0.3, -0.25) is 0 Å². The smallest absolute Gasteiger partial charge is 0.231 e. The summed E-state index contributed by atoms with van der Waals surface area (Å²) >= 11 is 6.07. The maximum absolute atomic E-state index is 6.07. The van der Waals surface area contributed by atoms with Crippen LogP contribution in [0.25, 0.3) is 0 Å². The van der Waals surface area contributed by atoms with E-state index >= 15 is 0 Å². The number of piperidine rings is 1. The van der Waals surface area contributed by atoms with Gasteiger partial charge in [0.15, 0.2) is 0 Å². The number of halogens is 1. The summed E-state index contributed by atoms with van der Waals surface area (Å²) < 4.78 is 5.35. The van der Waals surface area contributed by atoms with Gasteiger partial charge in [0.2, 0.25) is 17.2 Å². The van der Waals surface area contributed by atoms with Gasteiger partial charge in [-0.05, 0) is 30.4 Å². The summed E-state index contributed by atoms with van der Waals surface area (Å²) in [5.41, 5.74) is 0. The van der Waals surface area contributed by atoms with Crippen LogP contribution in [0, 0.1) is 5.92 Å². The normalized spacial score (nSPS) is 21.3. The van der Waals surface area contributed by atoms with E-state index in [1.54, 1.807) is 0 Å². The molecular formula is C13H20ClN5O. The number of hydrogen-bond acceptors (Lipinski definition) is 6. The van der Waals surface area contributed by atoms with E-state index in [-0.39, 0.29) is 5.28 Å². The fourth-order valence-corrected chi connectivity index (χ4v) is 2.74.